The van der Waals surface area contributed by atoms with Crippen molar-refractivity contribution >= 4 is 57.6 Å². The van der Waals surface area contributed by atoms with Crippen LogP contribution in [-0.2, 0) is 9.59 Å². The molecule has 0 aliphatic carbocycles. The maximum Gasteiger partial charge on any atom is 0.272 e. The van der Waals surface area contributed by atoms with E-state index in [9.17, 15) is 19.6 Å². The minimum atomic E-state index is -0.690. The maximum atomic E-state index is 14.0. The highest BCUT2D eigenvalue weighted by Gasteiger charge is 2.25. The summed E-state index contributed by atoms with van der Waals surface area (Å²) in [6.07, 6.45) is 1.58. The zero-order chi connectivity index (χ0) is 37.9. The molecule has 10 heteroatoms. The smallest absolute Gasteiger partial charge is 0.272 e. The highest BCUT2D eigenvalue weighted by molar-refractivity contribution is 8.00. The number of para-hydroxylation sites is 1. The van der Waals surface area contributed by atoms with Crippen molar-refractivity contribution < 1.29 is 19.1 Å². The molecule has 0 bridgehead atoms. The number of hydrogen-bond donors (Lipinski definition) is 3. The van der Waals surface area contributed by atoms with Crippen LogP contribution < -0.4 is 20.7 Å². The van der Waals surface area contributed by atoms with Gasteiger partial charge in [0, 0.05) is 32.7 Å². The molecular formula is C44H36N4O4S2. The number of nitrogens with one attached hydrogen (secondary N) is 3. The molecule has 1 unspecified atom stereocenters. The van der Waals surface area contributed by atoms with Crippen molar-refractivity contribution in [2.45, 2.75) is 24.0 Å². The number of nitrogens with zero attached hydrogens (tertiary/aromatic N) is 1. The summed E-state index contributed by atoms with van der Waals surface area (Å²) in [5.74, 6) is -0.714. The summed E-state index contributed by atoms with van der Waals surface area (Å²) < 4.78 is 5.77. The van der Waals surface area contributed by atoms with Crippen LogP contribution in [0.1, 0.15) is 44.8 Å². The molecule has 54 heavy (non-hydrogen) atoms. The molecule has 8 nitrogen and oxygen atoms in total. The van der Waals surface area contributed by atoms with Crippen LogP contribution in [0, 0.1) is 18.3 Å². The number of anilines is 2. The van der Waals surface area contributed by atoms with E-state index in [1.165, 1.54) is 23.1 Å². The third-order valence-corrected chi connectivity index (χ3v) is 10.4. The highest BCUT2D eigenvalue weighted by atomic mass is 32.2. The van der Waals surface area contributed by atoms with E-state index in [1.807, 2.05) is 98.1 Å². The Hall–Kier alpha value is -6.41. The fourth-order valence-electron chi connectivity index (χ4n) is 5.55. The normalized spacial score (nSPS) is 11.5. The molecule has 0 radical (unpaired) electrons. The standard InChI is InChI=1S/C44H36N4O4S2/c1-3-52-39-20-11-10-17-33(39)25-38(47-41(49)32-15-8-5-9-16-32)42(50)46-34-18-12-19-35(26-34)54-40(31-13-6-4-7-14-31)43(51)48-44-36(27-45)37(28-53-44)30-23-21-29(2)22-24-30/h4-26,28,40H,3H2,1-2H3,(H,46,50)(H,47,49)(H,48,51)/b38-25+. The van der Waals surface area contributed by atoms with Crippen molar-refractivity contribution in [1.82, 2.24) is 5.32 Å². The number of hydrogen-bond acceptors (Lipinski definition) is 7. The van der Waals surface area contributed by atoms with Crippen LogP contribution in [0.25, 0.3) is 17.2 Å². The van der Waals surface area contributed by atoms with Crippen LogP contribution in [-0.4, -0.2) is 24.3 Å². The summed E-state index contributed by atoms with van der Waals surface area (Å²) >= 11 is 2.62. The Morgan fingerprint density at radius 1 is 0.852 bits per heavy atom. The maximum absolute atomic E-state index is 14.0. The molecule has 3 amide bonds. The fourth-order valence-corrected chi connectivity index (χ4v) is 7.56. The summed E-state index contributed by atoms with van der Waals surface area (Å²) in [5.41, 5.74) is 5.45. The predicted molar refractivity (Wildman–Crippen MR) is 217 cm³/mol. The van der Waals surface area contributed by atoms with Gasteiger partial charge in [-0.1, -0.05) is 103 Å². The molecule has 1 atom stereocenters. The minimum Gasteiger partial charge on any atom is -0.493 e. The molecule has 0 aliphatic rings. The van der Waals surface area contributed by atoms with Crippen molar-refractivity contribution in [2.24, 2.45) is 0 Å². The number of benzene rings is 5. The average Bonchev–Trinajstić information content (AvgIpc) is 3.60. The average molecular weight is 749 g/mol. The molecule has 1 aromatic heterocycles. The Bertz CT molecular complexity index is 2330. The number of thiophene rings is 1. The number of amides is 3. The summed E-state index contributed by atoms with van der Waals surface area (Å²) in [5, 5.41) is 20.5. The third-order valence-electron chi connectivity index (χ3n) is 8.24. The van der Waals surface area contributed by atoms with Gasteiger partial charge < -0.3 is 20.7 Å². The number of rotatable bonds is 13. The van der Waals surface area contributed by atoms with Crippen molar-refractivity contribution in [3.63, 3.8) is 0 Å². The molecule has 6 aromatic rings. The van der Waals surface area contributed by atoms with Gasteiger partial charge in [0.1, 0.15) is 27.8 Å². The van der Waals surface area contributed by atoms with Crippen molar-refractivity contribution in [3.05, 3.63) is 172 Å². The van der Waals surface area contributed by atoms with Crippen LogP contribution in [0.3, 0.4) is 0 Å². The van der Waals surface area contributed by atoms with Crippen LogP contribution in [0.4, 0.5) is 10.7 Å². The van der Waals surface area contributed by atoms with E-state index >= 15 is 0 Å². The second kappa shape index (κ2) is 17.9. The van der Waals surface area contributed by atoms with Gasteiger partial charge in [0.25, 0.3) is 11.8 Å². The lowest BCUT2D eigenvalue weighted by Gasteiger charge is -2.18. The van der Waals surface area contributed by atoms with Gasteiger partial charge in [0.2, 0.25) is 5.91 Å². The van der Waals surface area contributed by atoms with Crippen LogP contribution in [0.2, 0.25) is 0 Å². The number of carbonyl (C=O) groups excluding carboxylic acids is 3. The Morgan fingerprint density at radius 2 is 1.56 bits per heavy atom. The van der Waals surface area contributed by atoms with Crippen molar-refractivity contribution in [2.75, 3.05) is 17.2 Å². The minimum absolute atomic E-state index is 0.0184. The first-order valence-electron chi connectivity index (χ1n) is 17.2. The number of carbonyl (C=O) groups is 3. The first-order chi connectivity index (χ1) is 26.3. The van der Waals surface area contributed by atoms with Gasteiger partial charge in [-0.3, -0.25) is 14.4 Å². The first kappa shape index (κ1) is 37.4. The summed E-state index contributed by atoms with van der Waals surface area (Å²) in [6.45, 7) is 4.30. The second-order valence-corrected chi connectivity index (χ2v) is 14.1. The summed E-state index contributed by atoms with van der Waals surface area (Å²) in [7, 11) is 0. The highest BCUT2D eigenvalue weighted by Crippen LogP contribution is 2.40. The van der Waals surface area contributed by atoms with E-state index in [-0.39, 0.29) is 11.6 Å². The van der Waals surface area contributed by atoms with Gasteiger partial charge in [-0.25, -0.2) is 0 Å². The van der Waals surface area contributed by atoms with Gasteiger partial charge in [-0.2, -0.15) is 5.26 Å². The van der Waals surface area contributed by atoms with E-state index in [1.54, 1.807) is 60.7 Å². The SMILES string of the molecule is CCOc1ccccc1/C=C(/NC(=O)c1ccccc1)C(=O)Nc1cccc(SC(C(=O)Nc2scc(-c3ccc(C)cc3)c2C#N)c2ccccc2)c1. The molecule has 0 fully saturated rings. The molecule has 1 heterocycles. The van der Waals surface area contributed by atoms with E-state index in [0.29, 0.717) is 44.6 Å². The number of thioether (sulfide) groups is 1. The summed E-state index contributed by atoms with van der Waals surface area (Å²) in [4.78, 5) is 41.8. The molecule has 6 rings (SSSR count). The third kappa shape index (κ3) is 9.33. The van der Waals surface area contributed by atoms with Gasteiger partial charge in [0.15, 0.2) is 0 Å². The molecule has 0 spiro atoms. The van der Waals surface area contributed by atoms with Gasteiger partial charge in [-0.05, 0) is 67.4 Å². The monoisotopic (exact) mass is 748 g/mol. The van der Waals surface area contributed by atoms with Crippen LogP contribution in [0.5, 0.6) is 5.75 Å². The number of nitriles is 1. The first-order valence-corrected chi connectivity index (χ1v) is 18.9. The Kier molecular flexibility index (Phi) is 12.4. The Labute approximate surface area is 322 Å². The zero-order valence-electron chi connectivity index (χ0n) is 29.5. The second-order valence-electron chi connectivity index (χ2n) is 12.1. The largest absolute Gasteiger partial charge is 0.493 e. The molecule has 5 aromatic carbocycles. The van der Waals surface area contributed by atoms with Crippen LogP contribution >= 0.6 is 23.1 Å². The molecule has 0 saturated heterocycles. The zero-order valence-corrected chi connectivity index (χ0v) is 31.2. The Morgan fingerprint density at radius 3 is 2.28 bits per heavy atom. The van der Waals surface area contributed by atoms with Gasteiger partial charge >= 0.3 is 0 Å². The van der Waals surface area contributed by atoms with Crippen LogP contribution in [0.15, 0.2) is 149 Å². The fraction of sp³-hybridized carbons (Fsp3) is 0.0909. The molecule has 0 saturated carbocycles. The molecule has 0 aliphatic heterocycles. The quantitative estimate of drug-likeness (QED) is 0.0799. The van der Waals surface area contributed by atoms with Crippen molar-refractivity contribution in [3.8, 4) is 22.9 Å². The molecule has 268 valence electrons. The number of aryl methyl sites for hydroxylation is 1. The lowest BCUT2D eigenvalue weighted by molar-refractivity contribution is -0.116. The topological polar surface area (TPSA) is 120 Å². The van der Waals surface area contributed by atoms with E-state index in [0.717, 1.165) is 22.3 Å². The molecular weight excluding hydrogens is 713 g/mol. The van der Waals surface area contributed by atoms with E-state index in [2.05, 4.69) is 22.0 Å². The number of ether oxygens (including phenoxy) is 1. The lowest BCUT2D eigenvalue weighted by Crippen LogP contribution is -2.30. The Balaban J connectivity index is 1.25. The lowest BCUT2D eigenvalue weighted by atomic mass is 10.0. The molecule has 3 N–H and O–H groups in total. The van der Waals surface area contributed by atoms with Gasteiger partial charge in [0.05, 0.1) is 12.2 Å². The van der Waals surface area contributed by atoms with E-state index < -0.39 is 17.1 Å². The predicted octanol–water partition coefficient (Wildman–Crippen LogP) is 9.88. The van der Waals surface area contributed by atoms with E-state index in [4.69, 9.17) is 4.74 Å². The van der Waals surface area contributed by atoms with Gasteiger partial charge in [-0.15, -0.1) is 23.1 Å². The van der Waals surface area contributed by atoms with Crippen molar-refractivity contribution in [1.29, 1.82) is 5.26 Å². The summed E-state index contributed by atoms with van der Waals surface area (Å²) in [6, 6.07) is 42.7.